The zero-order valence-corrected chi connectivity index (χ0v) is 12.7. The molecule has 1 aliphatic carbocycles. The van der Waals surface area contributed by atoms with Crippen LogP contribution in [-0.4, -0.2) is 18.6 Å². The molecule has 2 aliphatic rings. The van der Waals surface area contributed by atoms with Gasteiger partial charge >= 0.3 is 0 Å². The van der Waals surface area contributed by atoms with E-state index in [0.29, 0.717) is 6.04 Å². The van der Waals surface area contributed by atoms with Crippen molar-refractivity contribution in [1.29, 1.82) is 0 Å². The minimum absolute atomic E-state index is 0.714. The Balaban J connectivity index is 1.55. The maximum atomic E-state index is 3.83. The van der Waals surface area contributed by atoms with Gasteiger partial charge in [-0.25, -0.2) is 0 Å². The standard InChI is InChI=1S/C18H28N2/c1-14-6-4-7-15(12-14)13-20-18-10-5-8-16(18)17-9-2-3-11-19-17/h4,6-7,12,16-20H,2-3,5,8-11,13H2,1H3. The molecule has 1 aromatic rings. The molecule has 1 heterocycles. The van der Waals surface area contributed by atoms with Crippen LogP contribution in [0.3, 0.4) is 0 Å². The van der Waals surface area contributed by atoms with Crippen LogP contribution in [0.5, 0.6) is 0 Å². The average molecular weight is 272 g/mol. The number of rotatable bonds is 4. The van der Waals surface area contributed by atoms with Crippen LogP contribution in [0.4, 0.5) is 0 Å². The van der Waals surface area contributed by atoms with Gasteiger partial charge in [-0.3, -0.25) is 0 Å². The molecule has 1 aliphatic heterocycles. The lowest BCUT2D eigenvalue weighted by atomic mass is 9.88. The van der Waals surface area contributed by atoms with E-state index in [4.69, 9.17) is 0 Å². The number of benzene rings is 1. The minimum atomic E-state index is 0.714. The highest BCUT2D eigenvalue weighted by Gasteiger charge is 2.33. The Kier molecular flexibility index (Phi) is 4.74. The summed E-state index contributed by atoms with van der Waals surface area (Å²) >= 11 is 0. The second-order valence-electron chi connectivity index (χ2n) is 6.63. The van der Waals surface area contributed by atoms with Crippen molar-refractivity contribution in [2.24, 2.45) is 5.92 Å². The van der Waals surface area contributed by atoms with Gasteiger partial charge in [-0.15, -0.1) is 0 Å². The second kappa shape index (κ2) is 6.73. The number of nitrogens with one attached hydrogen (secondary N) is 2. The maximum Gasteiger partial charge on any atom is 0.0208 e. The first-order valence-corrected chi connectivity index (χ1v) is 8.35. The highest BCUT2D eigenvalue weighted by molar-refractivity contribution is 5.22. The molecule has 0 radical (unpaired) electrons. The topological polar surface area (TPSA) is 24.1 Å². The molecule has 3 atom stereocenters. The molecule has 20 heavy (non-hydrogen) atoms. The Bertz CT molecular complexity index is 423. The zero-order valence-electron chi connectivity index (χ0n) is 12.7. The normalized spacial score (nSPS) is 30.6. The van der Waals surface area contributed by atoms with Crippen LogP contribution in [0.1, 0.15) is 49.7 Å². The van der Waals surface area contributed by atoms with E-state index < -0.39 is 0 Å². The molecule has 2 heteroatoms. The molecule has 3 rings (SSSR count). The van der Waals surface area contributed by atoms with Crippen molar-refractivity contribution in [2.75, 3.05) is 6.54 Å². The van der Waals surface area contributed by atoms with E-state index in [9.17, 15) is 0 Å². The van der Waals surface area contributed by atoms with Crippen molar-refractivity contribution >= 4 is 0 Å². The fourth-order valence-electron chi connectivity index (χ4n) is 4.04. The van der Waals surface area contributed by atoms with Gasteiger partial charge in [0.25, 0.3) is 0 Å². The Morgan fingerprint density at radius 3 is 2.90 bits per heavy atom. The van der Waals surface area contributed by atoms with Gasteiger partial charge in [-0.2, -0.15) is 0 Å². The van der Waals surface area contributed by atoms with Gasteiger partial charge in [0.2, 0.25) is 0 Å². The lowest BCUT2D eigenvalue weighted by Gasteiger charge is -2.33. The Morgan fingerprint density at radius 1 is 1.15 bits per heavy atom. The zero-order chi connectivity index (χ0) is 13.8. The summed E-state index contributed by atoms with van der Waals surface area (Å²) in [6, 6.07) is 10.4. The summed E-state index contributed by atoms with van der Waals surface area (Å²) in [6.45, 7) is 4.43. The van der Waals surface area contributed by atoms with Crippen molar-refractivity contribution in [3.05, 3.63) is 35.4 Å². The largest absolute Gasteiger partial charge is 0.314 e. The van der Waals surface area contributed by atoms with Crippen LogP contribution in [0.15, 0.2) is 24.3 Å². The number of hydrogen-bond donors (Lipinski definition) is 2. The van der Waals surface area contributed by atoms with E-state index in [1.807, 2.05) is 0 Å². The quantitative estimate of drug-likeness (QED) is 0.878. The number of hydrogen-bond acceptors (Lipinski definition) is 2. The van der Waals surface area contributed by atoms with Gasteiger partial charge in [-0.05, 0) is 50.6 Å². The van der Waals surface area contributed by atoms with E-state index in [-0.39, 0.29) is 0 Å². The van der Waals surface area contributed by atoms with Gasteiger partial charge < -0.3 is 10.6 Å². The fraction of sp³-hybridized carbons (Fsp3) is 0.667. The van der Waals surface area contributed by atoms with Crippen LogP contribution < -0.4 is 10.6 Å². The van der Waals surface area contributed by atoms with Gasteiger partial charge in [0.15, 0.2) is 0 Å². The molecule has 0 aromatic heterocycles. The van der Waals surface area contributed by atoms with E-state index in [0.717, 1.165) is 18.5 Å². The van der Waals surface area contributed by atoms with E-state index in [1.54, 1.807) is 0 Å². The predicted octanol–water partition coefficient (Wildman–Crippen LogP) is 3.40. The van der Waals surface area contributed by atoms with E-state index >= 15 is 0 Å². The molecule has 1 saturated heterocycles. The Morgan fingerprint density at radius 2 is 2.10 bits per heavy atom. The second-order valence-corrected chi connectivity index (χ2v) is 6.63. The molecule has 0 amide bonds. The molecule has 0 bridgehead atoms. The summed E-state index contributed by atoms with van der Waals surface area (Å²) < 4.78 is 0. The molecule has 1 saturated carbocycles. The van der Waals surface area contributed by atoms with Crippen LogP contribution in [0, 0.1) is 12.8 Å². The number of aryl methyl sites for hydroxylation is 1. The lowest BCUT2D eigenvalue weighted by molar-refractivity contribution is 0.257. The summed E-state index contributed by atoms with van der Waals surface area (Å²) in [5.74, 6) is 0.847. The predicted molar refractivity (Wildman–Crippen MR) is 84.8 cm³/mol. The summed E-state index contributed by atoms with van der Waals surface area (Å²) in [6.07, 6.45) is 8.32. The third kappa shape index (κ3) is 3.42. The SMILES string of the molecule is Cc1cccc(CNC2CCCC2C2CCCCN2)c1. The Hall–Kier alpha value is -0.860. The van der Waals surface area contributed by atoms with Gasteiger partial charge in [-0.1, -0.05) is 42.7 Å². The van der Waals surface area contributed by atoms with Crippen LogP contribution in [-0.2, 0) is 6.54 Å². The monoisotopic (exact) mass is 272 g/mol. The molecule has 0 spiro atoms. The first-order chi connectivity index (χ1) is 9.83. The van der Waals surface area contributed by atoms with Crippen LogP contribution in [0.2, 0.25) is 0 Å². The fourth-order valence-corrected chi connectivity index (χ4v) is 4.04. The van der Waals surface area contributed by atoms with Crippen molar-refractivity contribution in [3.8, 4) is 0 Å². The van der Waals surface area contributed by atoms with Crippen molar-refractivity contribution in [3.63, 3.8) is 0 Å². The molecule has 3 unspecified atom stereocenters. The summed E-state index contributed by atoms with van der Waals surface area (Å²) in [7, 11) is 0. The summed E-state index contributed by atoms with van der Waals surface area (Å²) in [5.41, 5.74) is 2.79. The van der Waals surface area contributed by atoms with Gasteiger partial charge in [0.05, 0.1) is 0 Å². The molecule has 2 fully saturated rings. The molecule has 110 valence electrons. The molecule has 2 N–H and O–H groups in total. The van der Waals surface area contributed by atoms with Gasteiger partial charge in [0.1, 0.15) is 0 Å². The first kappa shape index (κ1) is 14.1. The maximum absolute atomic E-state index is 3.83. The van der Waals surface area contributed by atoms with E-state index in [2.05, 4.69) is 41.8 Å². The summed E-state index contributed by atoms with van der Waals surface area (Å²) in [4.78, 5) is 0. The Labute approximate surface area is 123 Å². The summed E-state index contributed by atoms with van der Waals surface area (Å²) in [5, 5.41) is 7.59. The molecule has 1 aromatic carbocycles. The average Bonchev–Trinajstić information content (AvgIpc) is 2.95. The van der Waals surface area contributed by atoms with Crippen molar-refractivity contribution < 1.29 is 0 Å². The molecular formula is C18H28N2. The lowest BCUT2D eigenvalue weighted by Crippen LogP contribution is -2.46. The highest BCUT2D eigenvalue weighted by Crippen LogP contribution is 2.31. The molecular weight excluding hydrogens is 244 g/mol. The van der Waals surface area contributed by atoms with Crippen LogP contribution >= 0.6 is 0 Å². The van der Waals surface area contributed by atoms with E-state index in [1.165, 1.54) is 56.2 Å². The minimum Gasteiger partial charge on any atom is -0.314 e. The van der Waals surface area contributed by atoms with Crippen molar-refractivity contribution in [1.82, 2.24) is 10.6 Å². The van der Waals surface area contributed by atoms with Crippen LogP contribution in [0.25, 0.3) is 0 Å². The third-order valence-corrected chi connectivity index (χ3v) is 5.09. The van der Waals surface area contributed by atoms with Gasteiger partial charge in [0, 0.05) is 18.6 Å². The highest BCUT2D eigenvalue weighted by atomic mass is 15.0. The molecule has 2 nitrogen and oxygen atoms in total. The third-order valence-electron chi connectivity index (χ3n) is 5.09. The number of piperidine rings is 1. The smallest absolute Gasteiger partial charge is 0.0208 e. The van der Waals surface area contributed by atoms with Crippen molar-refractivity contribution in [2.45, 2.75) is 64.1 Å². The first-order valence-electron chi connectivity index (χ1n) is 8.35.